The van der Waals surface area contributed by atoms with Crippen molar-refractivity contribution in [2.75, 3.05) is 25.6 Å². The minimum atomic E-state index is 0.542. The summed E-state index contributed by atoms with van der Waals surface area (Å²) in [5.41, 5.74) is 1.87. The zero-order chi connectivity index (χ0) is 18.1. The summed E-state index contributed by atoms with van der Waals surface area (Å²) in [5, 5.41) is 9.74. The molecule has 7 heteroatoms. The maximum absolute atomic E-state index is 5.55. The summed E-state index contributed by atoms with van der Waals surface area (Å²) < 4.78 is 10.9. The predicted molar refractivity (Wildman–Crippen MR) is 104 cm³/mol. The van der Waals surface area contributed by atoms with Crippen LogP contribution in [0.25, 0.3) is 0 Å². The number of anilines is 1. The van der Waals surface area contributed by atoms with Gasteiger partial charge in [-0.1, -0.05) is 6.92 Å². The molecule has 0 radical (unpaired) electrons. The van der Waals surface area contributed by atoms with Gasteiger partial charge in [0, 0.05) is 23.7 Å². The predicted octanol–water partition coefficient (Wildman–Crippen LogP) is 3.69. The first-order valence-electron chi connectivity index (χ1n) is 8.49. The van der Waals surface area contributed by atoms with Gasteiger partial charge >= 0.3 is 0 Å². The topological polar surface area (TPSA) is 67.8 Å². The smallest absolute Gasteiger partial charge is 0.196 e. The summed E-state index contributed by atoms with van der Waals surface area (Å²) >= 11 is 1.68. The van der Waals surface area contributed by atoms with E-state index in [2.05, 4.69) is 32.9 Å². The van der Waals surface area contributed by atoms with E-state index in [1.807, 2.05) is 32.0 Å². The molecule has 0 bridgehead atoms. The van der Waals surface area contributed by atoms with Crippen LogP contribution >= 0.6 is 11.3 Å². The van der Waals surface area contributed by atoms with Crippen LogP contribution in [0.2, 0.25) is 0 Å². The third kappa shape index (κ3) is 5.63. The van der Waals surface area contributed by atoms with Crippen molar-refractivity contribution in [3.05, 3.63) is 34.3 Å². The van der Waals surface area contributed by atoms with E-state index in [1.54, 1.807) is 18.4 Å². The third-order valence-electron chi connectivity index (χ3n) is 3.37. The van der Waals surface area contributed by atoms with Crippen molar-refractivity contribution in [1.29, 1.82) is 0 Å². The van der Waals surface area contributed by atoms with Crippen LogP contribution in [-0.2, 0) is 13.0 Å². The highest BCUT2D eigenvalue weighted by atomic mass is 32.1. The summed E-state index contributed by atoms with van der Waals surface area (Å²) in [5.74, 6) is 2.13. The number of methoxy groups -OCH3 is 1. The molecule has 1 aromatic heterocycles. The largest absolute Gasteiger partial charge is 0.493 e. The summed E-state index contributed by atoms with van der Waals surface area (Å²) in [6.45, 7) is 8.01. The molecule has 0 saturated heterocycles. The van der Waals surface area contributed by atoms with Crippen molar-refractivity contribution in [1.82, 2.24) is 10.3 Å². The molecule has 0 atom stereocenters. The summed E-state index contributed by atoms with van der Waals surface area (Å²) in [6.07, 6.45) is 0.957. The number of ether oxygens (including phenoxy) is 2. The zero-order valence-corrected chi connectivity index (χ0v) is 16.1. The first-order chi connectivity index (χ1) is 12.2. The number of aliphatic imine (C=N–C) groups is 1. The number of guanidine groups is 1. The highest BCUT2D eigenvalue weighted by Gasteiger charge is 2.07. The number of hydrogen-bond acceptors (Lipinski definition) is 5. The molecule has 136 valence electrons. The lowest BCUT2D eigenvalue weighted by Crippen LogP contribution is -2.30. The average molecular weight is 362 g/mol. The highest BCUT2D eigenvalue weighted by molar-refractivity contribution is 7.09. The van der Waals surface area contributed by atoms with Gasteiger partial charge in [-0.25, -0.2) is 9.98 Å². The van der Waals surface area contributed by atoms with Crippen LogP contribution in [0.4, 0.5) is 5.69 Å². The van der Waals surface area contributed by atoms with E-state index in [1.165, 1.54) is 0 Å². The second-order valence-electron chi connectivity index (χ2n) is 5.20. The molecule has 1 aromatic carbocycles. The Labute approximate surface area is 153 Å². The molecular weight excluding hydrogens is 336 g/mol. The lowest BCUT2D eigenvalue weighted by Gasteiger charge is -2.14. The Balaban J connectivity index is 2.10. The zero-order valence-electron chi connectivity index (χ0n) is 15.3. The molecule has 2 N–H and O–H groups in total. The van der Waals surface area contributed by atoms with Crippen molar-refractivity contribution in [3.8, 4) is 11.5 Å². The van der Waals surface area contributed by atoms with E-state index in [0.717, 1.165) is 35.1 Å². The Hall–Kier alpha value is -2.28. The van der Waals surface area contributed by atoms with E-state index in [4.69, 9.17) is 9.47 Å². The van der Waals surface area contributed by atoms with Gasteiger partial charge in [-0.2, -0.15) is 0 Å². The molecular formula is C18H26N4O2S. The molecule has 0 aliphatic rings. The van der Waals surface area contributed by atoms with E-state index in [-0.39, 0.29) is 0 Å². The van der Waals surface area contributed by atoms with Crippen molar-refractivity contribution in [2.45, 2.75) is 33.7 Å². The Kier molecular flexibility index (Phi) is 7.53. The minimum absolute atomic E-state index is 0.542. The molecule has 0 amide bonds. The molecule has 0 aliphatic carbocycles. The molecule has 0 unspecified atom stereocenters. The number of rotatable bonds is 8. The van der Waals surface area contributed by atoms with E-state index in [9.17, 15) is 0 Å². The van der Waals surface area contributed by atoms with Gasteiger partial charge < -0.3 is 20.1 Å². The van der Waals surface area contributed by atoms with Gasteiger partial charge in [0.2, 0.25) is 0 Å². The number of thiazole rings is 1. The van der Waals surface area contributed by atoms with Crippen molar-refractivity contribution in [3.63, 3.8) is 0 Å². The van der Waals surface area contributed by atoms with Crippen molar-refractivity contribution in [2.24, 2.45) is 4.99 Å². The maximum Gasteiger partial charge on any atom is 0.196 e. The molecule has 2 rings (SSSR count). The second-order valence-corrected chi connectivity index (χ2v) is 6.15. The summed E-state index contributed by atoms with van der Waals surface area (Å²) in [6, 6.07) is 5.73. The van der Waals surface area contributed by atoms with Gasteiger partial charge in [0.1, 0.15) is 0 Å². The van der Waals surface area contributed by atoms with Crippen LogP contribution in [0.5, 0.6) is 11.5 Å². The fourth-order valence-corrected chi connectivity index (χ4v) is 2.94. The normalized spacial score (nSPS) is 11.3. The first-order valence-corrected chi connectivity index (χ1v) is 9.37. The van der Waals surface area contributed by atoms with Crippen LogP contribution in [0.3, 0.4) is 0 Å². The third-order valence-corrected chi connectivity index (χ3v) is 4.41. The molecule has 25 heavy (non-hydrogen) atoms. The minimum Gasteiger partial charge on any atom is -0.493 e. The Bertz CT molecular complexity index is 700. The summed E-state index contributed by atoms with van der Waals surface area (Å²) in [4.78, 5) is 9.15. The number of hydrogen-bond donors (Lipinski definition) is 2. The summed E-state index contributed by atoms with van der Waals surface area (Å²) in [7, 11) is 1.63. The number of nitrogens with one attached hydrogen (secondary N) is 2. The molecule has 1 heterocycles. The van der Waals surface area contributed by atoms with Gasteiger partial charge in [0.15, 0.2) is 17.5 Å². The Morgan fingerprint density at radius 3 is 2.72 bits per heavy atom. The first kappa shape index (κ1) is 19.1. The number of benzene rings is 1. The molecule has 2 aromatic rings. The molecule has 0 fully saturated rings. The molecule has 0 saturated carbocycles. The number of aryl methyl sites for hydroxylation is 1. The van der Waals surface area contributed by atoms with Crippen molar-refractivity contribution < 1.29 is 9.47 Å². The Morgan fingerprint density at radius 2 is 2.08 bits per heavy atom. The Morgan fingerprint density at radius 1 is 1.24 bits per heavy atom. The molecule has 0 aliphatic heterocycles. The van der Waals surface area contributed by atoms with E-state index < -0.39 is 0 Å². The van der Waals surface area contributed by atoms with Crippen molar-refractivity contribution >= 4 is 23.0 Å². The molecule has 0 spiro atoms. The SMILES string of the molecule is CCNC(=NCc1csc(CC)n1)Nc1ccc(OCC)c(OC)c1. The second kappa shape index (κ2) is 9.88. The van der Waals surface area contributed by atoms with E-state index >= 15 is 0 Å². The van der Waals surface area contributed by atoms with Gasteiger partial charge in [0.05, 0.1) is 31.0 Å². The van der Waals surface area contributed by atoms with Gasteiger partial charge in [-0.05, 0) is 32.4 Å². The van der Waals surface area contributed by atoms with Gasteiger partial charge in [-0.3, -0.25) is 0 Å². The maximum atomic E-state index is 5.55. The fourth-order valence-electron chi connectivity index (χ4n) is 2.21. The fraction of sp³-hybridized carbons (Fsp3) is 0.444. The lowest BCUT2D eigenvalue weighted by atomic mass is 10.2. The van der Waals surface area contributed by atoms with Crippen LogP contribution < -0.4 is 20.1 Å². The van der Waals surface area contributed by atoms with Crippen LogP contribution in [0, 0.1) is 0 Å². The quantitative estimate of drug-likeness (QED) is 0.554. The monoisotopic (exact) mass is 362 g/mol. The van der Waals surface area contributed by atoms with Crippen LogP contribution in [0.1, 0.15) is 31.5 Å². The van der Waals surface area contributed by atoms with E-state index in [0.29, 0.717) is 24.9 Å². The highest BCUT2D eigenvalue weighted by Crippen LogP contribution is 2.30. The standard InChI is InChI=1S/C18H26N4O2S/c1-5-17-21-14(12-25-17)11-20-18(19-6-2)22-13-8-9-15(24-7-3)16(10-13)23-4/h8-10,12H,5-7,11H2,1-4H3,(H2,19,20,22). The van der Waals surface area contributed by atoms with Gasteiger partial charge in [0.25, 0.3) is 0 Å². The lowest BCUT2D eigenvalue weighted by molar-refractivity contribution is 0.311. The number of nitrogens with zero attached hydrogens (tertiary/aromatic N) is 2. The van der Waals surface area contributed by atoms with Crippen LogP contribution in [0.15, 0.2) is 28.6 Å². The average Bonchev–Trinajstić information content (AvgIpc) is 3.09. The number of aromatic nitrogens is 1. The van der Waals surface area contributed by atoms with Crippen LogP contribution in [-0.4, -0.2) is 31.2 Å². The molecule has 6 nitrogen and oxygen atoms in total. The van der Waals surface area contributed by atoms with Gasteiger partial charge in [-0.15, -0.1) is 11.3 Å².